The Morgan fingerprint density at radius 2 is 1.90 bits per heavy atom. The predicted molar refractivity (Wildman–Crippen MR) is 146 cm³/mol. The highest BCUT2D eigenvalue weighted by molar-refractivity contribution is 5.80. The summed E-state index contributed by atoms with van der Waals surface area (Å²) in [4.78, 5) is 16.7. The molecule has 6 nitrogen and oxygen atoms in total. The van der Waals surface area contributed by atoms with Gasteiger partial charge >= 0.3 is 6.18 Å². The number of halogens is 4. The van der Waals surface area contributed by atoms with Crippen molar-refractivity contribution >= 4 is 5.91 Å². The van der Waals surface area contributed by atoms with Crippen LogP contribution in [0, 0.1) is 31.0 Å². The van der Waals surface area contributed by atoms with E-state index in [1.165, 1.54) is 13.0 Å². The molecule has 0 radical (unpaired) electrons. The number of pyridine rings is 1. The van der Waals surface area contributed by atoms with Crippen LogP contribution in [0.5, 0.6) is 5.88 Å². The van der Waals surface area contributed by atoms with Gasteiger partial charge < -0.3 is 14.4 Å². The van der Waals surface area contributed by atoms with Crippen molar-refractivity contribution in [2.45, 2.75) is 46.2 Å². The summed E-state index contributed by atoms with van der Waals surface area (Å²) in [6.45, 7) is 13.5. The minimum Gasteiger partial charge on any atom is -0.473 e. The number of allylic oxidation sites excluding steroid dienone is 3. The van der Waals surface area contributed by atoms with E-state index in [-0.39, 0.29) is 16.7 Å². The molecule has 0 atom stereocenters. The molecule has 2 aromatic rings. The number of carbonyl (C=O) groups is 1. The maximum absolute atomic E-state index is 13.9. The van der Waals surface area contributed by atoms with Gasteiger partial charge in [0.15, 0.2) is 0 Å². The van der Waals surface area contributed by atoms with Crippen molar-refractivity contribution in [1.29, 1.82) is 5.26 Å². The number of nitriles is 1. The van der Waals surface area contributed by atoms with Crippen LogP contribution in [-0.4, -0.2) is 49.3 Å². The molecule has 0 aliphatic heterocycles. The van der Waals surface area contributed by atoms with E-state index in [2.05, 4.69) is 18.1 Å². The monoisotopic (exact) mass is 561 g/mol. The number of methoxy groups -OCH3 is 1. The van der Waals surface area contributed by atoms with Crippen LogP contribution in [0.25, 0.3) is 0 Å². The third-order valence-corrected chi connectivity index (χ3v) is 5.52. The standard InChI is InChI=1S/C17H16F4N2O.C13H19NO2/c1-10(2)5-15(17(19,20)21)23(4)16(24)8-12-6-11(3)13(9-22)7-14(12)18;1-11(6-5-9-15-3)10-16-13-12(2)7-4-8-14-13/h5-7H,1,8H2,2-4H3;4,7-8H,1,5-6,9-10H2,2-3H3/b15-5-;. The molecule has 1 aromatic heterocycles. The molecule has 1 aromatic carbocycles. The summed E-state index contributed by atoms with van der Waals surface area (Å²) in [5, 5.41) is 8.82. The zero-order valence-corrected chi connectivity index (χ0v) is 23.5. The Morgan fingerprint density at radius 3 is 2.45 bits per heavy atom. The number of benzene rings is 1. The van der Waals surface area contributed by atoms with Crippen LogP contribution >= 0.6 is 0 Å². The highest BCUT2D eigenvalue weighted by Crippen LogP contribution is 2.29. The van der Waals surface area contributed by atoms with Crippen molar-refractivity contribution in [1.82, 2.24) is 9.88 Å². The van der Waals surface area contributed by atoms with Crippen molar-refractivity contribution in [2.75, 3.05) is 27.4 Å². The first-order valence-electron chi connectivity index (χ1n) is 12.3. The van der Waals surface area contributed by atoms with Crippen LogP contribution in [0.15, 0.2) is 66.5 Å². The third kappa shape index (κ3) is 11.4. The average molecular weight is 562 g/mol. The van der Waals surface area contributed by atoms with Gasteiger partial charge in [0, 0.05) is 32.5 Å². The number of ether oxygens (including phenoxy) is 2. The second kappa shape index (κ2) is 16.2. The van der Waals surface area contributed by atoms with Gasteiger partial charge in [-0.25, -0.2) is 9.37 Å². The quantitative estimate of drug-likeness (QED) is 0.131. The first-order chi connectivity index (χ1) is 18.7. The highest BCUT2D eigenvalue weighted by atomic mass is 19.4. The van der Waals surface area contributed by atoms with Gasteiger partial charge in [-0.3, -0.25) is 4.79 Å². The Bertz CT molecular complexity index is 1260. The lowest BCUT2D eigenvalue weighted by Gasteiger charge is -2.23. The molecule has 40 heavy (non-hydrogen) atoms. The number of rotatable bonds is 11. The van der Waals surface area contributed by atoms with Crippen LogP contribution < -0.4 is 4.74 Å². The first kappa shape index (κ1) is 34.1. The topological polar surface area (TPSA) is 75.5 Å². The number of amides is 1. The molecule has 0 fully saturated rings. The largest absolute Gasteiger partial charge is 0.473 e. The molecule has 1 amide bonds. The molecular formula is C30H35F4N3O3. The lowest BCUT2D eigenvalue weighted by molar-refractivity contribution is -0.139. The van der Waals surface area contributed by atoms with Crippen molar-refractivity contribution < 1.29 is 31.8 Å². The molecule has 10 heteroatoms. The number of aryl methyl sites for hydroxylation is 2. The highest BCUT2D eigenvalue weighted by Gasteiger charge is 2.38. The Kier molecular flexibility index (Phi) is 13.8. The van der Waals surface area contributed by atoms with Crippen molar-refractivity contribution in [3.63, 3.8) is 0 Å². The number of likely N-dealkylation sites (N-methyl/N-ethyl adjacent to an activating group) is 1. The van der Waals surface area contributed by atoms with E-state index in [0.29, 0.717) is 23.0 Å². The molecule has 216 valence electrons. The van der Waals surface area contributed by atoms with E-state index in [9.17, 15) is 22.4 Å². The maximum Gasteiger partial charge on any atom is 0.431 e. The van der Waals surface area contributed by atoms with Gasteiger partial charge in [0.05, 0.1) is 18.1 Å². The second-order valence-corrected chi connectivity index (χ2v) is 9.13. The third-order valence-electron chi connectivity index (χ3n) is 5.52. The van der Waals surface area contributed by atoms with Gasteiger partial charge in [0.1, 0.15) is 18.1 Å². The Balaban J connectivity index is 0.000000433. The number of alkyl halides is 3. The molecule has 1 heterocycles. The summed E-state index contributed by atoms with van der Waals surface area (Å²) in [5.74, 6) is -1.05. The maximum atomic E-state index is 13.9. The molecular weight excluding hydrogens is 526 g/mol. The summed E-state index contributed by atoms with van der Waals surface area (Å²) >= 11 is 0. The zero-order valence-electron chi connectivity index (χ0n) is 23.5. The number of hydrogen-bond acceptors (Lipinski definition) is 5. The van der Waals surface area contributed by atoms with Gasteiger partial charge in [-0.1, -0.05) is 30.9 Å². The molecule has 0 bridgehead atoms. The lowest BCUT2D eigenvalue weighted by Crippen LogP contribution is -2.35. The normalized spacial score (nSPS) is 11.2. The van der Waals surface area contributed by atoms with Gasteiger partial charge in [-0.2, -0.15) is 18.4 Å². The van der Waals surface area contributed by atoms with Gasteiger partial charge in [0.2, 0.25) is 11.8 Å². The summed E-state index contributed by atoms with van der Waals surface area (Å²) in [6, 6.07) is 7.93. The summed E-state index contributed by atoms with van der Waals surface area (Å²) in [5.41, 5.74) is 1.55. The van der Waals surface area contributed by atoms with Crippen LogP contribution in [0.4, 0.5) is 17.6 Å². The summed E-state index contributed by atoms with van der Waals surface area (Å²) in [6.07, 6.45) is -0.908. The van der Waals surface area contributed by atoms with Gasteiger partial charge in [0.25, 0.3) is 0 Å². The van der Waals surface area contributed by atoms with Crippen molar-refractivity contribution in [3.05, 3.63) is 94.6 Å². The minimum absolute atomic E-state index is 0.0693. The number of nitrogens with zero attached hydrogens (tertiary/aromatic N) is 3. The molecule has 0 aliphatic rings. The summed E-state index contributed by atoms with van der Waals surface area (Å²) in [7, 11) is 2.68. The Labute approximate surface area is 233 Å². The number of carbonyl (C=O) groups excluding carboxylic acids is 1. The first-order valence-corrected chi connectivity index (χ1v) is 12.3. The van der Waals surface area contributed by atoms with Gasteiger partial charge in [-0.05, 0) is 68.5 Å². The molecule has 0 aliphatic carbocycles. The molecule has 0 unspecified atom stereocenters. The molecule has 2 rings (SSSR count). The van der Waals surface area contributed by atoms with E-state index in [1.54, 1.807) is 26.3 Å². The average Bonchev–Trinajstić information content (AvgIpc) is 2.88. The fraction of sp³-hybridized carbons (Fsp3) is 0.367. The molecule has 0 N–H and O–H groups in total. The van der Waals surface area contributed by atoms with Gasteiger partial charge in [-0.15, -0.1) is 0 Å². The second-order valence-electron chi connectivity index (χ2n) is 9.13. The SMILES string of the molecule is C=C(C)/C=C(\N(C)C(=O)Cc1cc(C)c(C#N)cc1F)C(F)(F)F.C=C(CCCOC)COc1ncccc1C. The smallest absolute Gasteiger partial charge is 0.431 e. The van der Waals surface area contributed by atoms with E-state index >= 15 is 0 Å². The molecule has 0 saturated carbocycles. The Hall–Kier alpha value is -3.97. The van der Waals surface area contributed by atoms with Crippen molar-refractivity contribution in [3.8, 4) is 11.9 Å². The fourth-order valence-electron chi connectivity index (χ4n) is 3.35. The fourth-order valence-corrected chi connectivity index (χ4v) is 3.35. The lowest BCUT2D eigenvalue weighted by atomic mass is 10.0. The molecule has 0 saturated heterocycles. The minimum atomic E-state index is -4.75. The van der Waals surface area contributed by atoms with E-state index in [1.807, 2.05) is 19.1 Å². The van der Waals surface area contributed by atoms with E-state index in [0.717, 1.165) is 49.8 Å². The molecule has 0 spiro atoms. The van der Waals surface area contributed by atoms with Crippen LogP contribution in [0.3, 0.4) is 0 Å². The Morgan fingerprint density at radius 1 is 1.23 bits per heavy atom. The van der Waals surface area contributed by atoms with E-state index in [4.69, 9.17) is 14.7 Å². The van der Waals surface area contributed by atoms with Crippen LogP contribution in [-0.2, 0) is 16.0 Å². The van der Waals surface area contributed by atoms with Crippen LogP contribution in [0.1, 0.15) is 42.0 Å². The number of hydrogen-bond donors (Lipinski definition) is 0. The predicted octanol–water partition coefficient (Wildman–Crippen LogP) is 6.78. The van der Waals surface area contributed by atoms with Crippen molar-refractivity contribution in [2.24, 2.45) is 0 Å². The number of aromatic nitrogens is 1. The van der Waals surface area contributed by atoms with Crippen LogP contribution in [0.2, 0.25) is 0 Å². The zero-order chi connectivity index (χ0) is 30.5. The van der Waals surface area contributed by atoms with E-state index < -0.39 is 30.0 Å². The summed E-state index contributed by atoms with van der Waals surface area (Å²) < 4.78 is 63.6.